The average Bonchev–Trinajstić information content (AvgIpc) is 3.67. The first-order valence-electron chi connectivity index (χ1n) is 13.6. The molecule has 43 heavy (non-hydrogen) atoms. The molecular formula is C32H24ClN3O6S. The number of allylic oxidation sites excluding steroid dienone is 1. The summed E-state index contributed by atoms with van der Waals surface area (Å²) in [6.45, 7) is 3.99. The fourth-order valence-corrected chi connectivity index (χ4v) is 6.93. The fourth-order valence-electron chi connectivity index (χ4n) is 5.67. The Morgan fingerprint density at radius 3 is 2.63 bits per heavy atom. The van der Waals surface area contributed by atoms with Crippen molar-refractivity contribution in [2.45, 2.75) is 26.4 Å². The van der Waals surface area contributed by atoms with Gasteiger partial charge in [0.2, 0.25) is 6.79 Å². The van der Waals surface area contributed by atoms with Crippen molar-refractivity contribution in [3.63, 3.8) is 0 Å². The molecule has 0 saturated heterocycles. The summed E-state index contributed by atoms with van der Waals surface area (Å²) in [5, 5.41) is 0.605. The van der Waals surface area contributed by atoms with Crippen LogP contribution in [0.5, 0.6) is 11.5 Å². The van der Waals surface area contributed by atoms with Gasteiger partial charge in [-0.05, 0) is 55.3 Å². The minimum absolute atomic E-state index is 0.0819. The summed E-state index contributed by atoms with van der Waals surface area (Å²) >= 11 is 7.21. The predicted molar refractivity (Wildman–Crippen MR) is 161 cm³/mol. The number of amides is 1. The molecule has 3 aliphatic heterocycles. The van der Waals surface area contributed by atoms with E-state index in [-0.39, 0.29) is 29.4 Å². The van der Waals surface area contributed by atoms with Crippen molar-refractivity contribution < 1.29 is 23.8 Å². The first-order chi connectivity index (χ1) is 20.9. The molecule has 0 fully saturated rings. The number of nitrogens with zero attached hydrogens (tertiary/aromatic N) is 3. The second-order valence-electron chi connectivity index (χ2n) is 10.1. The molecule has 0 bridgehead atoms. The van der Waals surface area contributed by atoms with Crippen LogP contribution in [0.4, 0.5) is 5.69 Å². The van der Waals surface area contributed by atoms with Gasteiger partial charge in [0, 0.05) is 10.6 Å². The molecule has 1 amide bonds. The second kappa shape index (κ2) is 10.6. The van der Waals surface area contributed by atoms with Crippen LogP contribution in [-0.2, 0) is 20.9 Å². The summed E-state index contributed by atoms with van der Waals surface area (Å²) in [6.07, 6.45) is 0. The average molecular weight is 614 g/mol. The third-order valence-corrected chi connectivity index (χ3v) is 8.91. The molecule has 4 aromatic rings. The van der Waals surface area contributed by atoms with E-state index in [1.165, 1.54) is 4.57 Å². The van der Waals surface area contributed by atoms with Crippen LogP contribution in [0.3, 0.4) is 0 Å². The lowest BCUT2D eigenvalue weighted by Crippen LogP contribution is -2.41. The van der Waals surface area contributed by atoms with Crippen LogP contribution in [0.2, 0.25) is 5.02 Å². The van der Waals surface area contributed by atoms with E-state index in [0.717, 1.165) is 16.9 Å². The highest BCUT2D eigenvalue weighted by Crippen LogP contribution is 2.39. The van der Waals surface area contributed by atoms with Gasteiger partial charge in [0.05, 0.1) is 41.7 Å². The summed E-state index contributed by atoms with van der Waals surface area (Å²) in [7, 11) is 0. The van der Waals surface area contributed by atoms with Gasteiger partial charge in [0.15, 0.2) is 16.3 Å². The Morgan fingerprint density at radius 2 is 1.84 bits per heavy atom. The molecule has 11 heteroatoms. The minimum Gasteiger partial charge on any atom is -0.463 e. The molecule has 1 aromatic heterocycles. The van der Waals surface area contributed by atoms with E-state index in [1.54, 1.807) is 49.1 Å². The standard InChI is InChI=1S/C32H24ClN3O6S/c1-3-40-31(39)25-17(2)34-32-36(27(25)19-10-13-23-24(14-19)42-16-41-23)30(38)28(43-32)26-21-6-4-5-7-22(21)35(29(26)37)15-18-8-11-20(33)12-9-18/h4-14,27H,3,15-16H2,1-2H3/b28-26+/t27-/m0/s1. The van der Waals surface area contributed by atoms with Gasteiger partial charge in [0.1, 0.15) is 4.53 Å². The van der Waals surface area contributed by atoms with E-state index in [1.807, 2.05) is 36.4 Å². The van der Waals surface area contributed by atoms with Crippen LogP contribution in [0.1, 0.15) is 36.6 Å². The van der Waals surface area contributed by atoms with Gasteiger partial charge in [-0.1, -0.05) is 59.3 Å². The Morgan fingerprint density at radius 1 is 1.07 bits per heavy atom. The molecule has 0 N–H and O–H groups in total. The van der Waals surface area contributed by atoms with Crippen LogP contribution in [0, 0.1) is 0 Å². The fraction of sp³-hybridized carbons (Fsp3) is 0.188. The number of hydrogen-bond donors (Lipinski definition) is 0. The van der Waals surface area contributed by atoms with E-state index in [0.29, 0.717) is 56.0 Å². The van der Waals surface area contributed by atoms with Gasteiger partial charge < -0.3 is 19.1 Å². The molecule has 0 unspecified atom stereocenters. The molecule has 0 radical (unpaired) electrons. The summed E-state index contributed by atoms with van der Waals surface area (Å²) in [6, 6.07) is 19.2. The number of thiazole rings is 1. The number of aromatic nitrogens is 1. The Kier molecular flexibility index (Phi) is 6.67. The largest absolute Gasteiger partial charge is 0.463 e. The number of carbonyl (C=O) groups is 2. The van der Waals surface area contributed by atoms with Crippen LogP contribution in [0.15, 0.2) is 87.8 Å². The smallest absolute Gasteiger partial charge is 0.338 e. The number of rotatable bonds is 5. The molecule has 9 nitrogen and oxygen atoms in total. The number of hydrogen-bond acceptors (Lipinski definition) is 8. The Bertz CT molecular complexity index is 2050. The lowest BCUT2D eigenvalue weighted by atomic mass is 9.95. The molecule has 7 rings (SSSR count). The normalized spacial score (nSPS) is 18.0. The highest BCUT2D eigenvalue weighted by molar-refractivity contribution is 7.07. The SMILES string of the molecule is CCOC(=O)C1=C(C)N=c2s/c(=C3/C(=O)N(Cc4ccc(Cl)cc4)c4ccccc43)c(=O)n2[C@H]1c1ccc2c(c1)OCO2. The first kappa shape index (κ1) is 27.2. The van der Waals surface area contributed by atoms with Crippen molar-refractivity contribution in [1.29, 1.82) is 0 Å². The van der Waals surface area contributed by atoms with E-state index in [2.05, 4.69) is 4.99 Å². The highest BCUT2D eigenvalue weighted by atomic mass is 35.5. The number of carbonyl (C=O) groups excluding carboxylic acids is 2. The number of ether oxygens (including phenoxy) is 3. The predicted octanol–water partition coefficient (Wildman–Crippen LogP) is 4.10. The van der Waals surface area contributed by atoms with Crippen LogP contribution >= 0.6 is 22.9 Å². The quantitative estimate of drug-likeness (QED) is 0.314. The maximum atomic E-state index is 14.4. The third kappa shape index (κ3) is 4.45. The van der Waals surface area contributed by atoms with Gasteiger partial charge in [0.25, 0.3) is 11.5 Å². The van der Waals surface area contributed by atoms with Gasteiger partial charge in [-0.3, -0.25) is 14.2 Å². The number of halogens is 1. The number of esters is 1. The molecule has 3 aromatic carbocycles. The summed E-state index contributed by atoms with van der Waals surface area (Å²) in [4.78, 5) is 48.4. The van der Waals surface area contributed by atoms with E-state index >= 15 is 0 Å². The van der Waals surface area contributed by atoms with Crippen LogP contribution in [-0.4, -0.2) is 29.8 Å². The minimum atomic E-state index is -0.851. The zero-order chi connectivity index (χ0) is 29.8. The maximum Gasteiger partial charge on any atom is 0.338 e. The van der Waals surface area contributed by atoms with Gasteiger partial charge in [-0.25, -0.2) is 9.79 Å². The highest BCUT2D eigenvalue weighted by Gasteiger charge is 2.38. The number of para-hydroxylation sites is 1. The molecule has 216 valence electrons. The number of benzene rings is 3. The second-order valence-corrected chi connectivity index (χ2v) is 11.6. The van der Waals surface area contributed by atoms with Crippen molar-refractivity contribution in [3.05, 3.63) is 119 Å². The number of fused-ring (bicyclic) bond motifs is 3. The number of anilines is 1. The zero-order valence-corrected chi connectivity index (χ0v) is 24.7. The Hall–Kier alpha value is -4.67. The molecule has 1 atom stereocenters. The molecule has 0 aliphatic carbocycles. The van der Waals surface area contributed by atoms with Crippen molar-refractivity contribution in [2.75, 3.05) is 18.3 Å². The first-order valence-corrected chi connectivity index (χ1v) is 14.8. The monoisotopic (exact) mass is 613 g/mol. The molecular weight excluding hydrogens is 590 g/mol. The Labute approximate surface area is 254 Å². The maximum absolute atomic E-state index is 14.4. The zero-order valence-electron chi connectivity index (χ0n) is 23.1. The van der Waals surface area contributed by atoms with Crippen molar-refractivity contribution in [2.24, 2.45) is 4.99 Å². The summed E-state index contributed by atoms with van der Waals surface area (Å²) in [5.74, 6) is 0.229. The van der Waals surface area contributed by atoms with Crippen molar-refractivity contribution in [3.8, 4) is 11.5 Å². The van der Waals surface area contributed by atoms with Gasteiger partial charge in [-0.2, -0.15) is 0 Å². The molecule has 0 saturated carbocycles. The summed E-state index contributed by atoms with van der Waals surface area (Å²) < 4.78 is 18.2. The van der Waals surface area contributed by atoms with Gasteiger partial charge >= 0.3 is 5.97 Å². The van der Waals surface area contributed by atoms with Gasteiger partial charge in [-0.15, -0.1) is 0 Å². The Balaban J connectivity index is 1.43. The molecule has 3 aliphatic rings. The van der Waals surface area contributed by atoms with E-state index in [9.17, 15) is 14.4 Å². The summed E-state index contributed by atoms with van der Waals surface area (Å²) in [5.41, 5.74) is 3.44. The van der Waals surface area contributed by atoms with Crippen molar-refractivity contribution >= 4 is 46.1 Å². The van der Waals surface area contributed by atoms with Crippen molar-refractivity contribution in [1.82, 2.24) is 4.57 Å². The van der Waals surface area contributed by atoms with E-state index in [4.69, 9.17) is 25.8 Å². The molecule has 0 spiro atoms. The molecule has 4 heterocycles. The lowest BCUT2D eigenvalue weighted by Gasteiger charge is -2.24. The van der Waals surface area contributed by atoms with E-state index < -0.39 is 17.6 Å². The van der Waals surface area contributed by atoms with Crippen LogP contribution < -0.4 is 29.3 Å². The third-order valence-electron chi connectivity index (χ3n) is 7.61. The topological polar surface area (TPSA) is 99.4 Å². The lowest BCUT2D eigenvalue weighted by molar-refractivity contribution is -0.139. The van der Waals surface area contributed by atoms with Crippen LogP contribution in [0.25, 0.3) is 5.57 Å².